The van der Waals surface area contributed by atoms with E-state index in [4.69, 9.17) is 0 Å². The van der Waals surface area contributed by atoms with Crippen LogP contribution in [0.1, 0.15) is 48.7 Å². The minimum Gasteiger partial charge on any atom is -0.356 e. The molecule has 1 unspecified atom stereocenters. The summed E-state index contributed by atoms with van der Waals surface area (Å²) in [5, 5.41) is 9.02. The highest BCUT2D eigenvalue weighted by Gasteiger charge is 2.42. The largest absolute Gasteiger partial charge is 0.356 e. The van der Waals surface area contributed by atoms with Crippen LogP contribution in [0.2, 0.25) is 0 Å². The van der Waals surface area contributed by atoms with Crippen molar-refractivity contribution in [3.63, 3.8) is 0 Å². The van der Waals surface area contributed by atoms with Crippen molar-refractivity contribution in [1.82, 2.24) is 25.8 Å². The average molecular weight is 558 g/mol. The summed E-state index contributed by atoms with van der Waals surface area (Å²) in [6.45, 7) is 3.05. The van der Waals surface area contributed by atoms with Gasteiger partial charge in [-0.2, -0.15) is 0 Å². The highest BCUT2D eigenvalue weighted by atomic mass is 16.2. The Morgan fingerprint density at radius 3 is 2.51 bits per heavy atom. The number of amides is 4. The van der Waals surface area contributed by atoms with E-state index in [1.54, 1.807) is 11.0 Å². The fourth-order valence-corrected chi connectivity index (χ4v) is 5.71. The van der Waals surface area contributed by atoms with E-state index in [1.165, 1.54) is 0 Å². The van der Waals surface area contributed by atoms with Gasteiger partial charge in [-0.3, -0.25) is 24.0 Å². The third-order valence-electron chi connectivity index (χ3n) is 8.12. The van der Waals surface area contributed by atoms with E-state index < -0.39 is 35.6 Å². The van der Waals surface area contributed by atoms with E-state index in [1.807, 2.05) is 61.5 Å². The van der Waals surface area contributed by atoms with Gasteiger partial charge in [0.2, 0.25) is 17.6 Å². The predicted molar refractivity (Wildman–Crippen MR) is 152 cm³/mol. The molecule has 41 heavy (non-hydrogen) atoms. The molecule has 4 atom stereocenters. The smallest absolute Gasteiger partial charge is 0.289 e. The number of fused-ring (bicyclic) bond motifs is 1. The van der Waals surface area contributed by atoms with Gasteiger partial charge in [0, 0.05) is 36.5 Å². The molecule has 1 aromatic heterocycles. The Balaban J connectivity index is 1.33. The summed E-state index contributed by atoms with van der Waals surface area (Å²) in [5.74, 6) is -3.03. The second kappa shape index (κ2) is 12.4. The third kappa shape index (κ3) is 6.32. The lowest BCUT2D eigenvalue weighted by molar-refractivity contribution is -0.141. The first-order valence-electron chi connectivity index (χ1n) is 14.2. The Morgan fingerprint density at radius 1 is 1.05 bits per heavy atom. The summed E-state index contributed by atoms with van der Waals surface area (Å²) < 4.78 is 0. The maximum absolute atomic E-state index is 13.7. The van der Waals surface area contributed by atoms with Crippen LogP contribution >= 0.6 is 0 Å². The molecule has 4 N–H and O–H groups in total. The van der Waals surface area contributed by atoms with Gasteiger partial charge in [-0.15, -0.1) is 0 Å². The van der Waals surface area contributed by atoms with Crippen molar-refractivity contribution < 1.29 is 24.0 Å². The van der Waals surface area contributed by atoms with E-state index in [-0.39, 0.29) is 30.7 Å². The minimum absolute atomic E-state index is 0.00898. The summed E-state index contributed by atoms with van der Waals surface area (Å²) >= 11 is 0. The fraction of sp³-hybridized carbons (Fsp3) is 0.387. The molecule has 214 valence electrons. The molecule has 3 heterocycles. The SMILES string of the molecule is CC[C@@H]1C[C@@H](C(=O)NC(C[C@@H]2CCNC2=O)C(=O)C(=O)NCc2ccccc2)N(C(=O)c2cc3ccccc3[nH]2)C1. The van der Waals surface area contributed by atoms with Gasteiger partial charge in [-0.05, 0) is 42.9 Å². The number of hydrogen-bond acceptors (Lipinski definition) is 5. The fourth-order valence-electron chi connectivity index (χ4n) is 5.71. The van der Waals surface area contributed by atoms with Crippen LogP contribution in [0.4, 0.5) is 0 Å². The molecule has 10 heteroatoms. The van der Waals surface area contributed by atoms with Crippen LogP contribution in [0.15, 0.2) is 60.7 Å². The van der Waals surface area contributed by atoms with E-state index >= 15 is 0 Å². The third-order valence-corrected chi connectivity index (χ3v) is 8.12. The van der Waals surface area contributed by atoms with E-state index in [0.29, 0.717) is 31.6 Å². The zero-order chi connectivity index (χ0) is 28.9. The summed E-state index contributed by atoms with van der Waals surface area (Å²) in [6, 6.07) is 16.5. The normalized spacial score (nSPS) is 21.0. The lowest BCUT2D eigenvalue weighted by Crippen LogP contribution is -2.54. The van der Waals surface area contributed by atoms with Gasteiger partial charge in [0.15, 0.2) is 0 Å². The van der Waals surface area contributed by atoms with Crippen molar-refractivity contribution in [3.05, 3.63) is 71.9 Å². The lowest BCUT2D eigenvalue weighted by Gasteiger charge is -2.26. The highest BCUT2D eigenvalue weighted by molar-refractivity contribution is 6.38. The molecule has 2 aromatic carbocycles. The van der Waals surface area contributed by atoms with Crippen LogP contribution < -0.4 is 16.0 Å². The molecule has 5 rings (SSSR count). The summed E-state index contributed by atoms with van der Waals surface area (Å²) in [5.41, 5.74) is 2.04. The number of Topliss-reactive ketones (excluding diaryl/α,β-unsaturated/α-hetero) is 1. The van der Waals surface area contributed by atoms with Crippen molar-refractivity contribution in [2.45, 2.75) is 51.2 Å². The molecule has 0 spiro atoms. The second-order valence-electron chi connectivity index (χ2n) is 10.9. The Morgan fingerprint density at radius 2 is 1.80 bits per heavy atom. The van der Waals surface area contributed by atoms with Crippen molar-refractivity contribution in [2.75, 3.05) is 13.1 Å². The number of likely N-dealkylation sites (tertiary alicyclic amines) is 1. The average Bonchev–Trinajstić information content (AvgIpc) is 3.73. The zero-order valence-corrected chi connectivity index (χ0v) is 23.0. The molecule has 0 saturated carbocycles. The molecule has 2 saturated heterocycles. The summed E-state index contributed by atoms with van der Waals surface area (Å²) in [4.78, 5) is 70.5. The van der Waals surface area contributed by atoms with E-state index in [0.717, 1.165) is 22.9 Å². The Kier molecular flexibility index (Phi) is 8.47. The molecule has 0 bridgehead atoms. The van der Waals surface area contributed by atoms with Crippen LogP contribution in [0, 0.1) is 11.8 Å². The molecule has 3 aromatic rings. The minimum atomic E-state index is -1.20. The maximum Gasteiger partial charge on any atom is 0.289 e. The molecule has 10 nitrogen and oxygen atoms in total. The van der Waals surface area contributed by atoms with Crippen LogP contribution in [-0.2, 0) is 25.7 Å². The quantitative estimate of drug-likeness (QED) is 0.283. The van der Waals surface area contributed by atoms with Crippen molar-refractivity contribution in [1.29, 1.82) is 0 Å². The zero-order valence-electron chi connectivity index (χ0n) is 23.0. The summed E-state index contributed by atoms with van der Waals surface area (Å²) in [6.07, 6.45) is 1.75. The molecule has 2 aliphatic heterocycles. The number of ketones is 1. The number of hydrogen-bond donors (Lipinski definition) is 4. The number of aromatic amines is 1. The molecule has 4 amide bonds. The van der Waals surface area contributed by atoms with Gasteiger partial charge in [0.1, 0.15) is 11.7 Å². The predicted octanol–water partition coefficient (Wildman–Crippen LogP) is 2.31. The van der Waals surface area contributed by atoms with E-state index in [2.05, 4.69) is 20.9 Å². The van der Waals surface area contributed by atoms with Crippen molar-refractivity contribution >= 4 is 40.3 Å². The van der Waals surface area contributed by atoms with E-state index in [9.17, 15) is 24.0 Å². The second-order valence-corrected chi connectivity index (χ2v) is 10.9. The molecular weight excluding hydrogens is 522 g/mol. The van der Waals surface area contributed by atoms with Crippen molar-refractivity contribution in [3.8, 4) is 0 Å². The Labute approximate surface area is 238 Å². The number of carbonyl (C=O) groups is 5. The molecule has 2 aliphatic rings. The number of aromatic nitrogens is 1. The number of benzene rings is 2. The number of para-hydroxylation sites is 1. The number of nitrogens with zero attached hydrogens (tertiary/aromatic N) is 1. The first-order valence-corrected chi connectivity index (χ1v) is 14.2. The van der Waals surface area contributed by atoms with Crippen LogP contribution in [-0.4, -0.2) is 64.5 Å². The van der Waals surface area contributed by atoms with Gasteiger partial charge >= 0.3 is 0 Å². The number of rotatable bonds is 10. The van der Waals surface area contributed by atoms with Gasteiger partial charge < -0.3 is 25.8 Å². The Hall–Kier alpha value is -4.47. The van der Waals surface area contributed by atoms with Crippen molar-refractivity contribution in [2.24, 2.45) is 11.8 Å². The molecular formula is C31H35N5O5. The Bertz CT molecular complexity index is 1420. The van der Waals surface area contributed by atoms with Gasteiger partial charge in [-0.25, -0.2) is 0 Å². The number of carbonyl (C=O) groups excluding carboxylic acids is 5. The standard InChI is InChI=1S/C31H35N5O5/c1-2-19-14-26(36(18-19)31(41)25-15-21-10-6-7-11-23(21)34-25)29(39)35-24(16-22-12-13-32-28(22)38)27(37)30(40)33-17-20-8-4-3-5-9-20/h3-11,15,19,22,24,26,34H,2,12-14,16-18H2,1H3,(H,32,38)(H,33,40)(H,35,39)/t19-,22+,24?,26+/m1/s1. The maximum atomic E-state index is 13.7. The van der Waals surface area contributed by atoms with Crippen LogP contribution in [0.3, 0.4) is 0 Å². The molecule has 0 radical (unpaired) electrons. The topological polar surface area (TPSA) is 140 Å². The number of H-pyrrole nitrogens is 1. The van der Waals surface area contributed by atoms with Crippen LogP contribution in [0.25, 0.3) is 10.9 Å². The van der Waals surface area contributed by atoms with Crippen LogP contribution in [0.5, 0.6) is 0 Å². The van der Waals surface area contributed by atoms with Gasteiger partial charge in [-0.1, -0.05) is 61.9 Å². The molecule has 0 aliphatic carbocycles. The first-order chi connectivity index (χ1) is 19.8. The van der Waals surface area contributed by atoms with Gasteiger partial charge in [0.25, 0.3) is 11.8 Å². The molecule has 2 fully saturated rings. The first kappa shape index (κ1) is 28.1. The van der Waals surface area contributed by atoms with Gasteiger partial charge in [0.05, 0.1) is 6.04 Å². The monoisotopic (exact) mass is 557 g/mol. The lowest BCUT2D eigenvalue weighted by atomic mass is 9.94. The summed E-state index contributed by atoms with van der Waals surface area (Å²) in [7, 11) is 0. The highest BCUT2D eigenvalue weighted by Crippen LogP contribution is 2.29. The number of nitrogens with one attached hydrogen (secondary N) is 4.